The van der Waals surface area contributed by atoms with Gasteiger partial charge in [-0.15, -0.1) is 0 Å². The van der Waals surface area contributed by atoms with Crippen molar-refractivity contribution in [2.24, 2.45) is 0 Å². The van der Waals surface area contributed by atoms with Crippen molar-refractivity contribution in [2.75, 3.05) is 13.9 Å². The van der Waals surface area contributed by atoms with E-state index in [0.717, 1.165) is 0 Å². The van der Waals surface area contributed by atoms with Crippen molar-refractivity contribution >= 4 is 33.4 Å². The van der Waals surface area contributed by atoms with Crippen LogP contribution < -0.4 is 9.47 Å². The standard InChI is InChI=1S/C18H13BrO6/c1-22-17(21)11-7-18(5-4-13(20)12(19)8-18)25-16(11)10-2-3-14-15(6-10)24-9-23-14/h2-6,8H,7,9H2,1H3. The number of hydrogen-bond acceptors (Lipinski definition) is 6. The number of ether oxygens (including phenoxy) is 4. The van der Waals surface area contributed by atoms with Crippen molar-refractivity contribution in [2.45, 2.75) is 12.0 Å². The van der Waals surface area contributed by atoms with E-state index in [9.17, 15) is 9.59 Å². The first-order valence-electron chi connectivity index (χ1n) is 7.54. The minimum Gasteiger partial charge on any atom is -0.477 e. The molecule has 4 rings (SSSR count). The Hall–Kier alpha value is -2.54. The predicted molar refractivity (Wildman–Crippen MR) is 91.1 cm³/mol. The van der Waals surface area contributed by atoms with Crippen LogP contribution in [0.2, 0.25) is 0 Å². The molecule has 1 aromatic carbocycles. The van der Waals surface area contributed by atoms with Crippen molar-refractivity contribution < 1.29 is 28.5 Å². The Morgan fingerprint density at radius 2 is 2.08 bits per heavy atom. The summed E-state index contributed by atoms with van der Waals surface area (Å²) < 4.78 is 22.1. The van der Waals surface area contributed by atoms with Crippen molar-refractivity contribution in [3.8, 4) is 11.5 Å². The molecule has 0 bridgehead atoms. The number of allylic oxidation sites excluding steroid dienone is 2. The molecule has 0 saturated carbocycles. The van der Waals surface area contributed by atoms with E-state index in [0.29, 0.717) is 32.9 Å². The van der Waals surface area contributed by atoms with E-state index in [2.05, 4.69) is 15.9 Å². The molecule has 0 saturated heterocycles. The lowest BCUT2D eigenvalue weighted by Gasteiger charge is -2.25. The largest absolute Gasteiger partial charge is 0.477 e. The van der Waals surface area contributed by atoms with Crippen LogP contribution in [0.4, 0.5) is 0 Å². The lowest BCUT2D eigenvalue weighted by Crippen LogP contribution is -2.27. The van der Waals surface area contributed by atoms with Gasteiger partial charge in [-0.1, -0.05) is 0 Å². The molecule has 0 aromatic heterocycles. The number of methoxy groups -OCH3 is 1. The number of fused-ring (bicyclic) bond motifs is 1. The third-order valence-electron chi connectivity index (χ3n) is 4.21. The Balaban J connectivity index is 1.77. The molecule has 6 nitrogen and oxygen atoms in total. The predicted octanol–water partition coefficient (Wildman–Crippen LogP) is 2.88. The van der Waals surface area contributed by atoms with E-state index in [1.807, 2.05) is 0 Å². The third-order valence-corrected chi connectivity index (χ3v) is 4.83. The highest BCUT2D eigenvalue weighted by atomic mass is 79.9. The van der Waals surface area contributed by atoms with Gasteiger partial charge in [-0.25, -0.2) is 4.79 Å². The molecule has 1 unspecified atom stereocenters. The van der Waals surface area contributed by atoms with Crippen molar-refractivity contribution in [3.05, 3.63) is 52.0 Å². The lowest BCUT2D eigenvalue weighted by molar-refractivity contribution is -0.136. The van der Waals surface area contributed by atoms with E-state index < -0.39 is 11.6 Å². The van der Waals surface area contributed by atoms with Gasteiger partial charge in [0.25, 0.3) is 0 Å². The molecular weight excluding hydrogens is 392 g/mol. The average molecular weight is 405 g/mol. The van der Waals surface area contributed by atoms with Gasteiger partial charge in [-0.2, -0.15) is 0 Å². The number of carbonyl (C=O) groups excluding carboxylic acids is 2. The highest BCUT2D eigenvalue weighted by molar-refractivity contribution is 9.12. The second-order valence-electron chi connectivity index (χ2n) is 5.79. The topological polar surface area (TPSA) is 71.1 Å². The third kappa shape index (κ3) is 2.64. The highest BCUT2D eigenvalue weighted by Crippen LogP contribution is 2.45. The van der Waals surface area contributed by atoms with Crippen LogP contribution in [0.3, 0.4) is 0 Å². The van der Waals surface area contributed by atoms with Crippen molar-refractivity contribution in [3.63, 3.8) is 0 Å². The van der Waals surface area contributed by atoms with Gasteiger partial charge >= 0.3 is 5.97 Å². The zero-order valence-electron chi connectivity index (χ0n) is 13.2. The Bertz CT molecular complexity index is 882. The number of halogens is 1. The summed E-state index contributed by atoms with van der Waals surface area (Å²) in [7, 11) is 1.32. The van der Waals surface area contributed by atoms with Gasteiger partial charge in [0, 0.05) is 12.0 Å². The molecular formula is C18H13BrO6. The van der Waals surface area contributed by atoms with Gasteiger partial charge in [0.1, 0.15) is 5.76 Å². The van der Waals surface area contributed by atoms with Crippen LogP contribution in [-0.4, -0.2) is 31.3 Å². The van der Waals surface area contributed by atoms with E-state index in [-0.39, 0.29) is 19.0 Å². The van der Waals surface area contributed by atoms with Crippen LogP contribution in [0.15, 0.2) is 46.5 Å². The minimum atomic E-state index is -0.901. The Labute approximate surface area is 151 Å². The smallest absolute Gasteiger partial charge is 0.337 e. The first-order valence-corrected chi connectivity index (χ1v) is 8.33. The van der Waals surface area contributed by atoms with Crippen LogP contribution >= 0.6 is 15.9 Å². The van der Waals surface area contributed by atoms with Gasteiger partial charge in [0.15, 0.2) is 22.9 Å². The molecule has 0 radical (unpaired) electrons. The Kier molecular flexibility index (Phi) is 3.68. The molecule has 0 N–H and O–H groups in total. The zero-order valence-corrected chi connectivity index (χ0v) is 14.8. The number of esters is 1. The maximum Gasteiger partial charge on any atom is 0.337 e. The fraction of sp³-hybridized carbons (Fsp3) is 0.222. The fourth-order valence-electron chi connectivity index (χ4n) is 3.01. The summed E-state index contributed by atoms with van der Waals surface area (Å²) in [6.45, 7) is 0.160. The monoisotopic (exact) mass is 404 g/mol. The van der Waals surface area contributed by atoms with Crippen LogP contribution in [0.25, 0.3) is 5.76 Å². The van der Waals surface area contributed by atoms with Crippen molar-refractivity contribution in [1.82, 2.24) is 0 Å². The summed E-state index contributed by atoms with van der Waals surface area (Å²) in [5, 5.41) is 0. The first kappa shape index (κ1) is 16.0. The van der Waals surface area contributed by atoms with Crippen LogP contribution in [0, 0.1) is 0 Å². The van der Waals surface area contributed by atoms with Crippen LogP contribution in [0.5, 0.6) is 11.5 Å². The molecule has 0 amide bonds. The molecule has 1 atom stereocenters. The number of rotatable bonds is 2. The summed E-state index contributed by atoms with van der Waals surface area (Å²) >= 11 is 3.24. The van der Waals surface area contributed by atoms with Crippen molar-refractivity contribution in [1.29, 1.82) is 0 Å². The molecule has 0 fully saturated rings. The number of hydrogen-bond donors (Lipinski definition) is 0. The van der Waals surface area contributed by atoms with Gasteiger partial charge in [0.05, 0.1) is 17.2 Å². The number of benzene rings is 1. The molecule has 1 aromatic rings. The zero-order chi connectivity index (χ0) is 17.6. The van der Waals surface area contributed by atoms with E-state index >= 15 is 0 Å². The summed E-state index contributed by atoms with van der Waals surface area (Å²) in [6, 6.07) is 5.32. The summed E-state index contributed by atoms with van der Waals surface area (Å²) in [5.41, 5.74) is 0.176. The Morgan fingerprint density at radius 1 is 1.28 bits per heavy atom. The SMILES string of the molecule is COC(=O)C1=C(c2ccc3c(c2)OCO3)OC2(C=CC(=O)C(Br)=C2)C1. The second-order valence-corrected chi connectivity index (χ2v) is 6.65. The lowest BCUT2D eigenvalue weighted by atomic mass is 9.91. The van der Waals surface area contributed by atoms with Gasteiger partial charge in [-0.3, -0.25) is 4.79 Å². The summed E-state index contributed by atoms with van der Waals surface area (Å²) in [6.07, 6.45) is 5.02. The molecule has 7 heteroatoms. The van der Waals surface area contributed by atoms with Crippen LogP contribution in [-0.2, 0) is 19.1 Å². The minimum absolute atomic E-state index is 0.148. The van der Waals surface area contributed by atoms with E-state index in [1.54, 1.807) is 30.4 Å². The fourth-order valence-corrected chi connectivity index (χ4v) is 3.53. The Morgan fingerprint density at radius 3 is 2.84 bits per heavy atom. The molecule has 3 aliphatic rings. The molecule has 128 valence electrons. The summed E-state index contributed by atoms with van der Waals surface area (Å²) in [5.74, 6) is 1.01. The number of carbonyl (C=O) groups is 2. The van der Waals surface area contributed by atoms with Gasteiger partial charge < -0.3 is 18.9 Å². The highest BCUT2D eigenvalue weighted by Gasteiger charge is 2.43. The summed E-state index contributed by atoms with van der Waals surface area (Å²) in [4.78, 5) is 24.0. The normalized spacial score (nSPS) is 23.8. The molecule has 1 aliphatic carbocycles. The average Bonchev–Trinajstić information content (AvgIpc) is 3.22. The number of ketones is 1. The molecule has 1 spiro atoms. The van der Waals surface area contributed by atoms with Gasteiger partial charge in [0.2, 0.25) is 6.79 Å². The van der Waals surface area contributed by atoms with E-state index in [4.69, 9.17) is 18.9 Å². The van der Waals surface area contributed by atoms with Crippen LogP contribution in [0.1, 0.15) is 12.0 Å². The maximum absolute atomic E-state index is 12.3. The first-order chi connectivity index (χ1) is 12.0. The van der Waals surface area contributed by atoms with Gasteiger partial charge in [-0.05, 0) is 52.4 Å². The molecule has 2 heterocycles. The quantitative estimate of drug-likeness (QED) is 0.705. The maximum atomic E-state index is 12.3. The second kappa shape index (κ2) is 5.77. The molecule has 25 heavy (non-hydrogen) atoms. The van der Waals surface area contributed by atoms with E-state index in [1.165, 1.54) is 13.2 Å². The molecule has 2 aliphatic heterocycles.